The van der Waals surface area contributed by atoms with Gasteiger partial charge in [0, 0.05) is 56.3 Å². The number of aromatic amines is 1. The number of amides is 7. The number of carbonyl (C=O) groups excluding carboxylic acids is 7. The van der Waals surface area contributed by atoms with Gasteiger partial charge in [-0.2, -0.15) is 0 Å². The summed E-state index contributed by atoms with van der Waals surface area (Å²) in [6, 6.07) is 20.7. The number of nitrogens with one attached hydrogen (secondary N) is 7. The topological polar surface area (TPSA) is 272 Å². The van der Waals surface area contributed by atoms with Crippen LogP contribution >= 0.6 is 0 Å². The van der Waals surface area contributed by atoms with Crippen molar-refractivity contribution in [1.29, 1.82) is 0 Å². The molecule has 0 saturated heterocycles. The zero-order valence-electron chi connectivity index (χ0n) is 33.1. The van der Waals surface area contributed by atoms with Crippen LogP contribution in [0.5, 0.6) is 0 Å². The Morgan fingerprint density at radius 1 is 0.644 bits per heavy atom. The monoisotopic (exact) mass is 808 g/mol. The van der Waals surface area contributed by atoms with Crippen LogP contribution in [0.4, 0.5) is 0 Å². The van der Waals surface area contributed by atoms with E-state index in [1.54, 1.807) is 55.6 Å². The fourth-order valence-electron chi connectivity index (χ4n) is 6.26. The molecule has 1 aromatic heterocycles. The van der Waals surface area contributed by atoms with Gasteiger partial charge in [0.05, 0.1) is 6.54 Å². The van der Waals surface area contributed by atoms with Crippen molar-refractivity contribution in [2.75, 3.05) is 13.1 Å². The first kappa shape index (κ1) is 44.7. The number of hydrogen-bond acceptors (Lipinski definition) is 8. The zero-order valence-corrected chi connectivity index (χ0v) is 33.1. The molecule has 312 valence electrons. The minimum Gasteiger partial charge on any atom is -0.370 e. The number of benzene rings is 3. The average Bonchev–Trinajstić information content (AvgIpc) is 3.63. The van der Waals surface area contributed by atoms with Crippen LogP contribution in [-0.2, 0) is 52.8 Å². The molecule has 3 aromatic carbocycles. The third-order valence-corrected chi connectivity index (χ3v) is 9.23. The molecule has 0 spiro atoms. The number of aromatic nitrogens is 1. The lowest BCUT2D eigenvalue weighted by atomic mass is 10.0. The van der Waals surface area contributed by atoms with E-state index >= 15 is 0 Å². The van der Waals surface area contributed by atoms with E-state index in [0.29, 0.717) is 11.1 Å². The maximum Gasteiger partial charge on any atom is 0.249 e. The number of carbonyl (C=O) groups is 7. The molecule has 0 radical (unpaired) electrons. The number of para-hydroxylation sites is 1. The van der Waals surface area contributed by atoms with Crippen molar-refractivity contribution in [3.8, 4) is 0 Å². The third kappa shape index (κ3) is 14.8. The normalized spacial score (nSPS) is 12.8. The second-order valence-electron chi connectivity index (χ2n) is 13.9. The van der Waals surface area contributed by atoms with Crippen LogP contribution in [0.1, 0.15) is 49.8 Å². The predicted octanol–water partition coefficient (Wildman–Crippen LogP) is 0.378. The number of aliphatic imine (C=N–C) groups is 1. The van der Waals surface area contributed by atoms with Gasteiger partial charge in [-0.3, -0.25) is 43.9 Å². The van der Waals surface area contributed by atoms with Crippen molar-refractivity contribution in [2.24, 2.45) is 16.5 Å². The predicted molar refractivity (Wildman–Crippen MR) is 222 cm³/mol. The highest BCUT2D eigenvalue weighted by Crippen LogP contribution is 2.19. The highest BCUT2D eigenvalue weighted by molar-refractivity contribution is 6.01. The lowest BCUT2D eigenvalue weighted by molar-refractivity contribution is -0.135. The lowest BCUT2D eigenvalue weighted by Gasteiger charge is -2.25. The number of H-pyrrole nitrogens is 1. The summed E-state index contributed by atoms with van der Waals surface area (Å²) in [5, 5.41) is 16.4. The van der Waals surface area contributed by atoms with Crippen LogP contribution in [0.3, 0.4) is 0 Å². The van der Waals surface area contributed by atoms with E-state index in [2.05, 4.69) is 41.9 Å². The fourth-order valence-corrected chi connectivity index (χ4v) is 6.26. The number of rotatable bonds is 21. The summed E-state index contributed by atoms with van der Waals surface area (Å²) in [5.41, 5.74) is 14.0. The molecule has 0 fully saturated rings. The third-order valence-electron chi connectivity index (χ3n) is 9.23. The minimum absolute atomic E-state index is 0.0137. The second kappa shape index (κ2) is 22.6. The summed E-state index contributed by atoms with van der Waals surface area (Å²) in [6.45, 7) is 2.47. The Kier molecular flexibility index (Phi) is 17.1. The first-order valence-corrected chi connectivity index (χ1v) is 19.3. The lowest BCUT2D eigenvalue weighted by Crippen LogP contribution is -2.58. The molecular formula is C42H52N10O7. The number of imide groups is 1. The zero-order chi connectivity index (χ0) is 42.7. The first-order chi connectivity index (χ1) is 28.3. The van der Waals surface area contributed by atoms with E-state index < -0.39 is 72.1 Å². The van der Waals surface area contributed by atoms with Crippen molar-refractivity contribution in [1.82, 2.24) is 36.9 Å². The van der Waals surface area contributed by atoms with Crippen molar-refractivity contribution >= 4 is 58.2 Å². The summed E-state index contributed by atoms with van der Waals surface area (Å²) in [6.07, 6.45) is 2.23. The minimum atomic E-state index is -1.25. The molecular weight excluding hydrogens is 757 g/mol. The molecule has 0 bridgehead atoms. The fraction of sp³-hybridized carbons (Fsp3) is 0.333. The Morgan fingerprint density at radius 3 is 1.81 bits per heavy atom. The SMILES string of the molecule is CCC(=O)NC(=O)[C@H](Cc1c[nH]c2ccccc12)NC(=O)[C@H](CCCN=C(N)N)NC(=O)[C@@H](Cc1ccccc1)NC(=O)CNC(=O)[C@H](Cc1ccccc1)NC(C)=O. The van der Waals surface area contributed by atoms with E-state index in [0.717, 1.165) is 16.5 Å². The van der Waals surface area contributed by atoms with Gasteiger partial charge in [0.25, 0.3) is 0 Å². The molecule has 0 unspecified atom stereocenters. The molecule has 0 aliphatic carbocycles. The number of fused-ring (bicyclic) bond motifs is 1. The standard InChI is InChI=1S/C42H52N10O7/c1-3-36(54)52-41(59)35(23-29-24-46-31-18-11-10-17-30(29)31)51-39(57)32(19-12-20-45-42(43)44)50-40(58)34(22-28-15-8-5-9-16-28)49-37(55)25-47-38(56)33(48-26(2)53)21-27-13-6-4-7-14-27/h4-11,13-18,24,32-35,46H,3,12,19-23,25H2,1-2H3,(H,47,56)(H,48,53)(H,49,55)(H,50,58)(H,51,57)(H4,43,44,45)(H,52,54,59)/t32-,33-,34+,35-/m0/s1. The summed E-state index contributed by atoms with van der Waals surface area (Å²) < 4.78 is 0. The van der Waals surface area contributed by atoms with Gasteiger partial charge in [-0.05, 0) is 35.6 Å². The summed E-state index contributed by atoms with van der Waals surface area (Å²) in [4.78, 5) is 99.4. The molecule has 11 N–H and O–H groups in total. The molecule has 59 heavy (non-hydrogen) atoms. The van der Waals surface area contributed by atoms with Crippen LogP contribution < -0.4 is 43.4 Å². The van der Waals surface area contributed by atoms with Gasteiger partial charge in [0.2, 0.25) is 41.4 Å². The van der Waals surface area contributed by atoms with Gasteiger partial charge < -0.3 is 43.0 Å². The number of nitrogens with zero attached hydrogens (tertiary/aromatic N) is 1. The number of guanidine groups is 1. The summed E-state index contributed by atoms with van der Waals surface area (Å²) in [7, 11) is 0. The Bertz CT molecular complexity index is 2100. The molecule has 7 amide bonds. The Labute approximate surface area is 341 Å². The van der Waals surface area contributed by atoms with Gasteiger partial charge in [-0.25, -0.2) is 0 Å². The van der Waals surface area contributed by atoms with Crippen molar-refractivity contribution in [3.05, 3.63) is 108 Å². The van der Waals surface area contributed by atoms with E-state index in [9.17, 15) is 33.6 Å². The maximum absolute atomic E-state index is 14.1. The molecule has 1 heterocycles. The van der Waals surface area contributed by atoms with Crippen LogP contribution in [0.2, 0.25) is 0 Å². The Balaban J connectivity index is 1.53. The van der Waals surface area contributed by atoms with Crippen molar-refractivity contribution in [2.45, 2.75) is 76.5 Å². The van der Waals surface area contributed by atoms with E-state index in [-0.39, 0.29) is 51.0 Å². The molecule has 0 aliphatic rings. The van der Waals surface area contributed by atoms with Gasteiger partial charge in [0.15, 0.2) is 5.96 Å². The van der Waals surface area contributed by atoms with E-state index in [1.807, 2.05) is 42.5 Å². The molecule has 4 atom stereocenters. The van der Waals surface area contributed by atoms with E-state index in [1.165, 1.54) is 6.92 Å². The Morgan fingerprint density at radius 2 is 1.20 bits per heavy atom. The molecule has 4 rings (SSSR count). The Hall–Kier alpha value is -7.04. The molecule has 4 aromatic rings. The second-order valence-corrected chi connectivity index (χ2v) is 13.9. The summed E-state index contributed by atoms with van der Waals surface area (Å²) >= 11 is 0. The largest absolute Gasteiger partial charge is 0.370 e. The van der Waals surface area contributed by atoms with Gasteiger partial charge >= 0.3 is 0 Å². The molecule has 0 saturated carbocycles. The van der Waals surface area contributed by atoms with Gasteiger partial charge in [0.1, 0.15) is 24.2 Å². The molecule has 0 aliphatic heterocycles. The van der Waals surface area contributed by atoms with Crippen molar-refractivity contribution < 1.29 is 33.6 Å². The van der Waals surface area contributed by atoms with Gasteiger partial charge in [-0.15, -0.1) is 0 Å². The van der Waals surface area contributed by atoms with Crippen LogP contribution in [-0.4, -0.2) is 89.6 Å². The molecule has 17 nitrogen and oxygen atoms in total. The van der Waals surface area contributed by atoms with Gasteiger partial charge in [-0.1, -0.05) is 85.8 Å². The van der Waals surface area contributed by atoms with E-state index in [4.69, 9.17) is 11.5 Å². The number of hydrogen-bond donors (Lipinski definition) is 9. The first-order valence-electron chi connectivity index (χ1n) is 19.3. The van der Waals surface area contributed by atoms with Crippen LogP contribution in [0, 0.1) is 0 Å². The highest BCUT2D eigenvalue weighted by atomic mass is 16.2. The van der Waals surface area contributed by atoms with Crippen molar-refractivity contribution in [3.63, 3.8) is 0 Å². The quantitative estimate of drug-likeness (QED) is 0.0319. The average molecular weight is 809 g/mol. The number of nitrogens with two attached hydrogens (primary N) is 2. The highest BCUT2D eigenvalue weighted by Gasteiger charge is 2.31. The van der Waals surface area contributed by atoms with Crippen LogP contribution in [0.15, 0.2) is 96.1 Å². The smallest absolute Gasteiger partial charge is 0.249 e. The maximum atomic E-state index is 14.1. The summed E-state index contributed by atoms with van der Waals surface area (Å²) in [5.74, 6) is -4.63. The molecule has 17 heteroatoms. The van der Waals surface area contributed by atoms with Crippen LogP contribution in [0.25, 0.3) is 10.9 Å².